The normalized spacial score (nSPS) is 8.29. The van der Waals surface area contributed by atoms with Crippen molar-refractivity contribution in [3.05, 3.63) is 0 Å². The Hall–Kier alpha value is 1.47. The van der Waals surface area contributed by atoms with E-state index in [2.05, 4.69) is 0 Å². The minimum atomic E-state index is -4.67. The number of rotatable bonds is 0. The summed E-state index contributed by atoms with van der Waals surface area (Å²) in [5.74, 6) is 0. The molecule has 0 heterocycles. The van der Waals surface area contributed by atoms with Crippen LogP contribution in [0.2, 0.25) is 0 Å². The van der Waals surface area contributed by atoms with Gasteiger partial charge in [0, 0.05) is 0 Å². The first-order chi connectivity index (χ1) is 2.00. The molecule has 0 rings (SSSR count). The van der Waals surface area contributed by atoms with Crippen molar-refractivity contribution < 1.29 is 23.0 Å². The first kappa shape index (κ1) is 15.8. The van der Waals surface area contributed by atoms with Gasteiger partial charge < -0.3 is 5.48 Å². The predicted molar refractivity (Wildman–Crippen MR) is 24.9 cm³/mol. The van der Waals surface area contributed by atoms with Gasteiger partial charge >= 0.3 is 61.8 Å². The quantitative estimate of drug-likeness (QED) is 0.308. The Morgan fingerprint density at radius 1 is 1.14 bits per heavy atom. The van der Waals surface area contributed by atoms with Gasteiger partial charge in [0.25, 0.3) is 0 Å². The molecular weight excluding hydrogens is 151 g/mol. The zero-order chi connectivity index (χ0) is 4.50. The Morgan fingerprint density at radius 2 is 1.14 bits per heavy atom. The minimum absolute atomic E-state index is 0. The SMILES string of the molecule is O.O=S(=O)(O)O.[KH]. The van der Waals surface area contributed by atoms with E-state index in [1.165, 1.54) is 0 Å². The Bertz CT molecular complexity index is 91.2. The maximum absolute atomic E-state index is 8.74. The first-order valence-electron chi connectivity index (χ1n) is 0.698. The van der Waals surface area contributed by atoms with Gasteiger partial charge in [-0.15, -0.1) is 0 Å². The van der Waals surface area contributed by atoms with E-state index < -0.39 is 10.4 Å². The van der Waals surface area contributed by atoms with E-state index in [9.17, 15) is 0 Å². The molecule has 42 valence electrons. The van der Waals surface area contributed by atoms with Crippen molar-refractivity contribution in [2.45, 2.75) is 0 Å². The summed E-state index contributed by atoms with van der Waals surface area (Å²) in [7, 11) is -4.67. The Balaban J connectivity index is -0.0000000800. The summed E-state index contributed by atoms with van der Waals surface area (Å²) in [5.41, 5.74) is 0. The molecule has 0 aromatic rings. The predicted octanol–water partition coefficient (Wildman–Crippen LogP) is -2.13. The van der Waals surface area contributed by atoms with Gasteiger partial charge in [-0.05, 0) is 0 Å². The maximum atomic E-state index is 8.74. The number of hydrogen-bond donors (Lipinski definition) is 2. The molecule has 4 N–H and O–H groups in total. The molecule has 0 aliphatic rings. The topological polar surface area (TPSA) is 106 Å². The van der Waals surface area contributed by atoms with Crippen LogP contribution in [0.25, 0.3) is 0 Å². The van der Waals surface area contributed by atoms with Gasteiger partial charge in [0.1, 0.15) is 0 Å². The van der Waals surface area contributed by atoms with Gasteiger partial charge in [0.2, 0.25) is 0 Å². The fraction of sp³-hybridized carbons (Fsp3) is 0. The van der Waals surface area contributed by atoms with Crippen molar-refractivity contribution in [1.29, 1.82) is 0 Å². The third-order valence-corrected chi connectivity index (χ3v) is 0. The molecule has 0 aliphatic heterocycles. The van der Waals surface area contributed by atoms with Crippen LogP contribution in [-0.2, 0) is 10.4 Å². The van der Waals surface area contributed by atoms with Crippen molar-refractivity contribution in [1.82, 2.24) is 0 Å². The van der Waals surface area contributed by atoms with Crippen molar-refractivity contribution in [2.24, 2.45) is 0 Å². The summed E-state index contributed by atoms with van der Waals surface area (Å²) in [6.45, 7) is 0. The molecule has 0 aromatic carbocycles. The molecule has 0 amide bonds. The van der Waals surface area contributed by atoms with E-state index >= 15 is 0 Å². The summed E-state index contributed by atoms with van der Waals surface area (Å²) in [5, 5.41) is 0. The van der Waals surface area contributed by atoms with Crippen LogP contribution < -0.4 is 0 Å². The van der Waals surface area contributed by atoms with Crippen LogP contribution in [-0.4, -0.2) is 74.4 Å². The van der Waals surface area contributed by atoms with Crippen LogP contribution >= 0.6 is 0 Å². The van der Waals surface area contributed by atoms with Gasteiger partial charge in [-0.25, -0.2) is 0 Å². The van der Waals surface area contributed by atoms with Crippen LogP contribution in [0.4, 0.5) is 0 Å². The van der Waals surface area contributed by atoms with Crippen molar-refractivity contribution in [3.63, 3.8) is 0 Å². The fourth-order valence-corrected chi connectivity index (χ4v) is 0. The zero-order valence-corrected chi connectivity index (χ0v) is 3.44. The van der Waals surface area contributed by atoms with Crippen LogP contribution in [0.5, 0.6) is 0 Å². The molecular formula is H5KO5S. The van der Waals surface area contributed by atoms with Crippen LogP contribution in [0.3, 0.4) is 0 Å². The Labute approximate surface area is 83.4 Å². The molecule has 5 nitrogen and oxygen atoms in total. The average Bonchev–Trinajstić information content (AvgIpc) is 0.722. The zero-order valence-electron chi connectivity index (χ0n) is 2.62. The van der Waals surface area contributed by atoms with Crippen LogP contribution in [0.15, 0.2) is 0 Å². The Kier molecular flexibility index (Phi) is 12.6. The molecule has 0 bridgehead atoms. The second-order valence-electron chi connectivity index (χ2n) is 0.448. The third kappa shape index (κ3) is 104. The summed E-state index contributed by atoms with van der Waals surface area (Å²) in [4.78, 5) is 0. The molecule has 0 aromatic heterocycles. The Morgan fingerprint density at radius 3 is 1.14 bits per heavy atom. The summed E-state index contributed by atoms with van der Waals surface area (Å²) >= 11 is 0. The summed E-state index contributed by atoms with van der Waals surface area (Å²) < 4.78 is 31.6. The second-order valence-corrected chi connectivity index (χ2v) is 1.34. The van der Waals surface area contributed by atoms with Crippen LogP contribution in [0, 0.1) is 0 Å². The van der Waals surface area contributed by atoms with E-state index in [-0.39, 0.29) is 56.9 Å². The van der Waals surface area contributed by atoms with E-state index in [0.717, 1.165) is 0 Å². The van der Waals surface area contributed by atoms with Gasteiger partial charge in [0.05, 0.1) is 0 Å². The van der Waals surface area contributed by atoms with Crippen LogP contribution in [0.1, 0.15) is 0 Å². The fourth-order valence-electron chi connectivity index (χ4n) is 0. The molecule has 0 spiro atoms. The van der Waals surface area contributed by atoms with E-state index in [0.29, 0.717) is 0 Å². The molecule has 0 saturated heterocycles. The summed E-state index contributed by atoms with van der Waals surface area (Å²) in [6, 6.07) is 0. The van der Waals surface area contributed by atoms with Crippen molar-refractivity contribution >= 4 is 61.8 Å². The summed E-state index contributed by atoms with van der Waals surface area (Å²) in [6.07, 6.45) is 0. The second kappa shape index (κ2) is 5.60. The number of hydrogen-bond acceptors (Lipinski definition) is 2. The molecule has 0 fully saturated rings. The van der Waals surface area contributed by atoms with E-state index in [4.69, 9.17) is 17.5 Å². The monoisotopic (exact) mass is 156 g/mol. The molecule has 0 atom stereocenters. The average molecular weight is 156 g/mol. The van der Waals surface area contributed by atoms with Gasteiger partial charge in [-0.3, -0.25) is 9.11 Å². The molecule has 0 saturated carbocycles. The standard InChI is InChI=1S/K.H2O4S.H2O.H/c;1-5(2,3)4;;/h;(H2,1,2,3,4);1H2;. The molecule has 0 aliphatic carbocycles. The van der Waals surface area contributed by atoms with E-state index in [1.807, 2.05) is 0 Å². The molecule has 0 unspecified atom stereocenters. The first-order valence-corrected chi connectivity index (χ1v) is 2.10. The van der Waals surface area contributed by atoms with Crippen molar-refractivity contribution in [2.75, 3.05) is 0 Å². The molecule has 0 radical (unpaired) electrons. The van der Waals surface area contributed by atoms with E-state index in [1.54, 1.807) is 0 Å². The third-order valence-electron chi connectivity index (χ3n) is 0. The molecule has 7 heavy (non-hydrogen) atoms. The van der Waals surface area contributed by atoms with Crippen molar-refractivity contribution in [3.8, 4) is 0 Å². The van der Waals surface area contributed by atoms with Gasteiger partial charge in [0.15, 0.2) is 0 Å². The molecule has 7 heteroatoms. The van der Waals surface area contributed by atoms with Gasteiger partial charge in [-0.2, -0.15) is 8.42 Å². The van der Waals surface area contributed by atoms with Gasteiger partial charge in [-0.1, -0.05) is 0 Å².